The standard InChI is InChI=1S/Ge3O12P4/c4-1(5-16(4)6-1)13-19(14-2-7-17(8-2)9-2)15-3-10-18(11-3)12-3. The Hall–Kier alpha value is 2.87. The summed E-state index contributed by atoms with van der Waals surface area (Å²) in [4.78, 5) is 0. The van der Waals surface area contributed by atoms with Gasteiger partial charge < -0.3 is 0 Å². The van der Waals surface area contributed by atoms with Crippen molar-refractivity contribution in [1.29, 1.82) is 0 Å². The molecule has 104 valence electrons. The van der Waals surface area contributed by atoms with Crippen LogP contribution in [0.2, 0.25) is 0 Å². The Kier molecular flexibility index (Phi) is 2.84. The molecule has 0 saturated carbocycles. The molecule has 9 saturated heterocycles. The third kappa shape index (κ3) is 1.88. The van der Waals surface area contributed by atoms with Gasteiger partial charge in [-0.1, -0.05) is 0 Å². The van der Waals surface area contributed by atoms with Crippen molar-refractivity contribution in [2.75, 3.05) is 0 Å². The van der Waals surface area contributed by atoms with E-state index >= 15 is 0 Å². The molecule has 0 radical (unpaired) electrons. The van der Waals surface area contributed by atoms with E-state index in [0.29, 0.717) is 0 Å². The zero-order valence-electron chi connectivity index (χ0n) is 8.19. The van der Waals surface area contributed by atoms with Crippen LogP contribution in [0.4, 0.5) is 0 Å². The van der Waals surface area contributed by atoms with Crippen LogP contribution in [0.5, 0.6) is 0 Å². The molecule has 0 aromatic heterocycles. The van der Waals surface area contributed by atoms with E-state index in [1.165, 1.54) is 0 Å². The third-order valence-corrected chi connectivity index (χ3v) is 34.9. The number of rotatable bonds is 6. The van der Waals surface area contributed by atoms with Crippen LogP contribution < -0.4 is 0 Å². The van der Waals surface area contributed by atoms with E-state index in [1.54, 1.807) is 0 Å². The van der Waals surface area contributed by atoms with E-state index < -0.39 is 78.2 Å². The van der Waals surface area contributed by atoms with Crippen LogP contribution >= 0.6 is 34.4 Å². The zero-order valence-corrected chi connectivity index (χ0v) is 18.1. The second kappa shape index (κ2) is 4.09. The van der Waals surface area contributed by atoms with Crippen molar-refractivity contribution < 1.29 is 42.6 Å². The molecule has 9 heterocycles. The first-order chi connectivity index (χ1) is 9.14. The first kappa shape index (κ1) is 13.2. The van der Waals surface area contributed by atoms with Gasteiger partial charge in [-0.2, -0.15) is 0 Å². The SMILES string of the molecule is [O](P([O][Ge]12[O]P([O]1)[O]2)[O][Ge]12[O]P([O]1)[O]2)[Ge]12[O]P([O]1)[O]2. The van der Waals surface area contributed by atoms with Crippen LogP contribution in [0.25, 0.3) is 0 Å². The molecule has 9 rings (SSSR count). The number of hydrogen-bond acceptors (Lipinski definition) is 12. The Labute approximate surface area is 120 Å². The van der Waals surface area contributed by atoms with Gasteiger partial charge in [0.05, 0.1) is 0 Å². The molecule has 0 N–H and O–H groups in total. The molecule has 19 heteroatoms. The predicted octanol–water partition coefficient (Wildman–Crippen LogP) is 1.48. The molecule has 0 spiro atoms. The molecule has 12 nitrogen and oxygen atoms in total. The summed E-state index contributed by atoms with van der Waals surface area (Å²) >= 11 is -10.6. The van der Waals surface area contributed by atoms with Crippen molar-refractivity contribution in [3.05, 3.63) is 0 Å². The summed E-state index contributed by atoms with van der Waals surface area (Å²) in [6.07, 6.45) is 0. The van der Waals surface area contributed by atoms with Gasteiger partial charge in [-0.15, -0.1) is 0 Å². The molecule has 19 heavy (non-hydrogen) atoms. The van der Waals surface area contributed by atoms with Gasteiger partial charge >= 0.3 is 121 Å². The molecule has 9 aliphatic rings. The van der Waals surface area contributed by atoms with Gasteiger partial charge in [-0.25, -0.2) is 0 Å². The fourth-order valence-corrected chi connectivity index (χ4v) is 29.6. The molecule has 0 amide bonds. The zero-order chi connectivity index (χ0) is 12.3. The van der Waals surface area contributed by atoms with Gasteiger partial charge in [0.1, 0.15) is 0 Å². The average Bonchev–Trinajstić information content (AvgIpc) is 2.01. The molecule has 0 atom stereocenters. The summed E-state index contributed by atoms with van der Waals surface area (Å²) in [5, 5.41) is 0. The second-order valence-corrected chi connectivity index (χ2v) is 27.6. The van der Waals surface area contributed by atoms with Crippen LogP contribution in [-0.4, -0.2) is 43.8 Å². The van der Waals surface area contributed by atoms with E-state index in [4.69, 9.17) is 42.6 Å². The summed E-state index contributed by atoms with van der Waals surface area (Å²) < 4.78 is 63.8. The molecular formula is Ge3O12P4. The van der Waals surface area contributed by atoms with E-state index in [1.807, 2.05) is 0 Å². The monoisotopic (exact) mass is 538 g/mol. The molecule has 6 bridgehead atoms. The number of hydrogen-bond donors (Lipinski definition) is 0. The summed E-state index contributed by atoms with van der Waals surface area (Å²) in [6, 6.07) is 0. The van der Waals surface area contributed by atoms with Gasteiger partial charge in [0, 0.05) is 0 Å². The van der Waals surface area contributed by atoms with Crippen LogP contribution in [0.15, 0.2) is 0 Å². The van der Waals surface area contributed by atoms with E-state index in [9.17, 15) is 0 Å². The van der Waals surface area contributed by atoms with Crippen molar-refractivity contribution in [3.8, 4) is 0 Å². The minimum absolute atomic E-state index is 1.17. The Morgan fingerprint density at radius 2 is 0.789 bits per heavy atom. The summed E-state index contributed by atoms with van der Waals surface area (Å²) in [5.41, 5.74) is 0. The summed E-state index contributed by atoms with van der Waals surface area (Å²) in [5.74, 6) is 0. The van der Waals surface area contributed by atoms with E-state index in [0.717, 1.165) is 0 Å². The average molecular weight is 534 g/mol. The van der Waals surface area contributed by atoms with Crippen molar-refractivity contribution >= 4 is 78.2 Å². The van der Waals surface area contributed by atoms with Gasteiger partial charge in [0.2, 0.25) is 0 Å². The van der Waals surface area contributed by atoms with Crippen molar-refractivity contribution in [2.45, 2.75) is 0 Å². The first-order valence-electron chi connectivity index (χ1n) is 4.64. The molecule has 9 fully saturated rings. The van der Waals surface area contributed by atoms with Gasteiger partial charge in [-0.3, -0.25) is 0 Å². The quantitative estimate of drug-likeness (QED) is 0.364. The van der Waals surface area contributed by atoms with Gasteiger partial charge in [0.25, 0.3) is 0 Å². The Morgan fingerprint density at radius 1 is 0.526 bits per heavy atom. The normalized spacial score (nSPS) is 63.5. The summed E-state index contributed by atoms with van der Waals surface area (Å²) in [7, 11) is -5.43. The molecule has 9 aliphatic heterocycles. The third-order valence-electron chi connectivity index (χ3n) is 2.24. The molecule has 0 aromatic carbocycles. The van der Waals surface area contributed by atoms with Gasteiger partial charge in [0.15, 0.2) is 0 Å². The van der Waals surface area contributed by atoms with Crippen molar-refractivity contribution in [3.63, 3.8) is 0 Å². The van der Waals surface area contributed by atoms with Crippen LogP contribution in [-0.2, 0) is 42.6 Å². The topological polar surface area (TPSA) is 111 Å². The minimum atomic E-state index is -3.53. The Morgan fingerprint density at radius 3 is 0.947 bits per heavy atom. The van der Waals surface area contributed by atoms with E-state index in [2.05, 4.69) is 0 Å². The van der Waals surface area contributed by atoms with Gasteiger partial charge in [-0.05, 0) is 0 Å². The van der Waals surface area contributed by atoms with E-state index in [-0.39, 0.29) is 0 Å². The van der Waals surface area contributed by atoms with Crippen molar-refractivity contribution in [2.24, 2.45) is 0 Å². The second-order valence-electron chi connectivity index (χ2n) is 3.49. The van der Waals surface area contributed by atoms with Crippen molar-refractivity contribution in [1.82, 2.24) is 0 Å². The maximum absolute atomic E-state index is 5.52. The Balaban J connectivity index is 1.17. The predicted molar refractivity (Wildman–Crippen MR) is 58.0 cm³/mol. The fourth-order valence-electron chi connectivity index (χ4n) is 1.36. The summed E-state index contributed by atoms with van der Waals surface area (Å²) in [6.45, 7) is 0. The molecule has 0 unspecified atom stereocenters. The molecule has 0 aromatic rings. The van der Waals surface area contributed by atoms with Crippen LogP contribution in [0.1, 0.15) is 0 Å². The maximum atomic E-state index is 5.52. The van der Waals surface area contributed by atoms with Crippen LogP contribution in [0, 0.1) is 0 Å². The fraction of sp³-hybridized carbons (Fsp3) is 0. The molecular weight excluding hydrogens is 534 g/mol. The Bertz CT molecular complexity index is 354. The first-order valence-corrected chi connectivity index (χ1v) is 19.3. The van der Waals surface area contributed by atoms with Crippen LogP contribution in [0.3, 0.4) is 0 Å². The molecule has 0 aliphatic carbocycles.